The van der Waals surface area contributed by atoms with Crippen LogP contribution in [0.3, 0.4) is 0 Å². The molecule has 0 unspecified atom stereocenters. The van der Waals surface area contributed by atoms with Gasteiger partial charge in [0.05, 0.1) is 13.5 Å². The van der Waals surface area contributed by atoms with Gasteiger partial charge in [0.25, 0.3) is 5.91 Å². The minimum absolute atomic E-state index is 0.129. The lowest BCUT2D eigenvalue weighted by Crippen LogP contribution is -2.42. The molecule has 126 valence electrons. The van der Waals surface area contributed by atoms with E-state index in [1.165, 1.54) is 6.42 Å². The van der Waals surface area contributed by atoms with E-state index in [1.54, 1.807) is 13.2 Å². The van der Waals surface area contributed by atoms with Crippen LogP contribution in [0.4, 0.5) is 0 Å². The molecule has 5 nitrogen and oxygen atoms in total. The normalized spacial score (nSPS) is 20.6. The van der Waals surface area contributed by atoms with E-state index in [0.717, 1.165) is 24.8 Å². The number of hydrogen-bond acceptors (Lipinski definition) is 4. The van der Waals surface area contributed by atoms with Crippen molar-refractivity contribution in [2.24, 2.45) is 5.92 Å². The zero-order valence-electron chi connectivity index (χ0n) is 13.8. The van der Waals surface area contributed by atoms with Crippen LogP contribution in [0.5, 0.6) is 5.75 Å². The average molecular weight is 319 g/mol. The van der Waals surface area contributed by atoms with Crippen LogP contribution >= 0.6 is 0 Å². The van der Waals surface area contributed by atoms with E-state index in [9.17, 15) is 9.59 Å². The smallest absolute Gasteiger partial charge is 0.310 e. The largest absolute Gasteiger partial charge is 0.497 e. The van der Waals surface area contributed by atoms with E-state index in [1.807, 2.05) is 18.2 Å². The Morgan fingerprint density at radius 2 is 2.04 bits per heavy atom. The molecule has 0 radical (unpaired) electrons. The van der Waals surface area contributed by atoms with Crippen molar-refractivity contribution in [1.29, 1.82) is 0 Å². The van der Waals surface area contributed by atoms with Gasteiger partial charge in [-0.1, -0.05) is 31.9 Å². The fourth-order valence-electron chi connectivity index (χ4n) is 2.93. The minimum atomic E-state index is -0.412. The molecule has 2 atom stereocenters. The third-order valence-corrected chi connectivity index (χ3v) is 4.30. The molecule has 0 saturated heterocycles. The van der Waals surface area contributed by atoms with Crippen molar-refractivity contribution in [3.63, 3.8) is 0 Å². The predicted octanol–water partition coefficient (Wildman–Crippen LogP) is 2.48. The van der Waals surface area contributed by atoms with E-state index in [4.69, 9.17) is 9.47 Å². The topological polar surface area (TPSA) is 64.6 Å². The number of carbonyl (C=O) groups is 2. The molecule has 0 aliphatic heterocycles. The highest BCUT2D eigenvalue weighted by atomic mass is 16.5. The maximum Gasteiger partial charge on any atom is 0.310 e. The number of carbonyl (C=O) groups excluding carboxylic acids is 2. The number of hydrogen-bond donors (Lipinski definition) is 1. The molecular formula is C18H25NO4. The summed E-state index contributed by atoms with van der Waals surface area (Å²) in [6.07, 6.45) is 4.64. The number of rotatable bonds is 6. The van der Waals surface area contributed by atoms with Crippen LogP contribution in [-0.2, 0) is 20.7 Å². The van der Waals surface area contributed by atoms with Crippen molar-refractivity contribution >= 4 is 11.9 Å². The van der Waals surface area contributed by atoms with E-state index >= 15 is 0 Å². The molecule has 1 aliphatic rings. The Labute approximate surface area is 137 Å². The van der Waals surface area contributed by atoms with Crippen molar-refractivity contribution < 1.29 is 19.1 Å². The van der Waals surface area contributed by atoms with Gasteiger partial charge >= 0.3 is 5.97 Å². The SMILES string of the molecule is COc1cccc(CC(=O)OCC(=O)N[C@@H]2CCCC[C@H]2C)c1. The quantitative estimate of drug-likeness (QED) is 0.818. The van der Waals surface area contributed by atoms with Crippen LogP contribution in [0.25, 0.3) is 0 Å². The number of esters is 1. The summed E-state index contributed by atoms with van der Waals surface area (Å²) >= 11 is 0. The number of ether oxygens (including phenoxy) is 2. The van der Waals surface area contributed by atoms with Gasteiger partial charge in [0.2, 0.25) is 0 Å². The van der Waals surface area contributed by atoms with Crippen molar-refractivity contribution in [3.8, 4) is 5.75 Å². The molecule has 5 heteroatoms. The molecular weight excluding hydrogens is 294 g/mol. The summed E-state index contributed by atoms with van der Waals surface area (Å²) in [5, 5.41) is 2.97. The Morgan fingerprint density at radius 1 is 1.26 bits per heavy atom. The zero-order chi connectivity index (χ0) is 16.7. The second-order valence-corrected chi connectivity index (χ2v) is 6.12. The average Bonchev–Trinajstić information content (AvgIpc) is 2.55. The molecule has 1 saturated carbocycles. The van der Waals surface area contributed by atoms with Crippen LogP contribution in [-0.4, -0.2) is 31.6 Å². The predicted molar refractivity (Wildman–Crippen MR) is 87.2 cm³/mol. The summed E-state index contributed by atoms with van der Waals surface area (Å²) in [6.45, 7) is 1.94. The summed E-state index contributed by atoms with van der Waals surface area (Å²) < 4.78 is 10.2. The lowest BCUT2D eigenvalue weighted by atomic mass is 9.86. The maximum atomic E-state index is 11.9. The van der Waals surface area contributed by atoms with Crippen LogP contribution < -0.4 is 10.1 Å². The van der Waals surface area contributed by atoms with Crippen molar-refractivity contribution in [3.05, 3.63) is 29.8 Å². The van der Waals surface area contributed by atoms with Gasteiger partial charge in [0.1, 0.15) is 5.75 Å². The molecule has 2 rings (SSSR count). The van der Waals surface area contributed by atoms with E-state index in [-0.39, 0.29) is 25.0 Å². The van der Waals surface area contributed by atoms with Gasteiger partial charge in [0.15, 0.2) is 6.61 Å². The first-order valence-electron chi connectivity index (χ1n) is 8.16. The lowest BCUT2D eigenvalue weighted by molar-refractivity contribution is -0.148. The second kappa shape index (κ2) is 8.56. The van der Waals surface area contributed by atoms with Crippen LogP contribution in [0.1, 0.15) is 38.2 Å². The van der Waals surface area contributed by atoms with Gasteiger partial charge < -0.3 is 14.8 Å². The first-order chi connectivity index (χ1) is 11.1. The molecule has 1 aromatic rings. The van der Waals surface area contributed by atoms with Crippen molar-refractivity contribution in [1.82, 2.24) is 5.32 Å². The highest BCUT2D eigenvalue weighted by Crippen LogP contribution is 2.23. The van der Waals surface area contributed by atoms with Crippen molar-refractivity contribution in [2.45, 2.75) is 45.1 Å². The van der Waals surface area contributed by atoms with Crippen LogP contribution in [0.2, 0.25) is 0 Å². The van der Waals surface area contributed by atoms with Crippen LogP contribution in [0.15, 0.2) is 24.3 Å². The first-order valence-corrected chi connectivity index (χ1v) is 8.16. The number of benzene rings is 1. The molecule has 23 heavy (non-hydrogen) atoms. The Morgan fingerprint density at radius 3 is 2.78 bits per heavy atom. The Hall–Kier alpha value is -2.04. The zero-order valence-corrected chi connectivity index (χ0v) is 13.8. The Balaban J connectivity index is 1.74. The lowest BCUT2D eigenvalue weighted by Gasteiger charge is -2.29. The highest BCUT2D eigenvalue weighted by molar-refractivity contribution is 5.81. The standard InChI is InChI=1S/C18H25NO4/c1-13-6-3-4-9-16(13)19-17(20)12-23-18(21)11-14-7-5-8-15(10-14)22-2/h5,7-8,10,13,16H,3-4,6,9,11-12H2,1-2H3,(H,19,20)/t13-,16-/m1/s1. The van der Waals surface area contributed by atoms with Gasteiger partial charge in [0, 0.05) is 6.04 Å². The van der Waals surface area contributed by atoms with Crippen LogP contribution in [0, 0.1) is 5.92 Å². The Kier molecular flexibility index (Phi) is 6.44. The van der Waals surface area contributed by atoms with Gasteiger partial charge in [-0.15, -0.1) is 0 Å². The second-order valence-electron chi connectivity index (χ2n) is 6.12. The van der Waals surface area contributed by atoms with Gasteiger partial charge in [-0.25, -0.2) is 0 Å². The fraction of sp³-hybridized carbons (Fsp3) is 0.556. The summed E-state index contributed by atoms with van der Waals surface area (Å²) in [4.78, 5) is 23.7. The summed E-state index contributed by atoms with van der Waals surface area (Å²) in [5.41, 5.74) is 0.802. The molecule has 1 aromatic carbocycles. The van der Waals surface area contributed by atoms with E-state index < -0.39 is 5.97 Å². The van der Waals surface area contributed by atoms with E-state index in [0.29, 0.717) is 11.7 Å². The molecule has 1 amide bonds. The number of amides is 1. The molecule has 1 fully saturated rings. The number of nitrogens with one attached hydrogen (secondary N) is 1. The summed E-state index contributed by atoms with van der Waals surface area (Å²) in [5.74, 6) is 0.548. The molecule has 0 spiro atoms. The van der Waals surface area contributed by atoms with Gasteiger partial charge in [-0.2, -0.15) is 0 Å². The van der Waals surface area contributed by atoms with Crippen molar-refractivity contribution in [2.75, 3.05) is 13.7 Å². The summed E-state index contributed by atoms with van der Waals surface area (Å²) in [7, 11) is 1.58. The van der Waals surface area contributed by atoms with Gasteiger partial charge in [-0.05, 0) is 36.5 Å². The third kappa shape index (κ3) is 5.58. The minimum Gasteiger partial charge on any atom is -0.497 e. The van der Waals surface area contributed by atoms with Gasteiger partial charge in [-0.3, -0.25) is 9.59 Å². The molecule has 1 aliphatic carbocycles. The fourth-order valence-corrected chi connectivity index (χ4v) is 2.93. The molecule has 0 aromatic heterocycles. The number of methoxy groups -OCH3 is 1. The molecule has 0 heterocycles. The first kappa shape index (κ1) is 17.3. The Bertz CT molecular complexity index is 544. The molecule has 0 bridgehead atoms. The maximum absolute atomic E-state index is 11.9. The van der Waals surface area contributed by atoms with E-state index in [2.05, 4.69) is 12.2 Å². The third-order valence-electron chi connectivity index (χ3n) is 4.30. The molecule has 1 N–H and O–H groups in total. The monoisotopic (exact) mass is 319 g/mol. The summed E-state index contributed by atoms with van der Waals surface area (Å²) in [6, 6.07) is 7.44. The highest BCUT2D eigenvalue weighted by Gasteiger charge is 2.23.